The normalized spacial score (nSPS) is 14.5. The molecule has 3 aromatic rings. The molecule has 0 aliphatic heterocycles. The zero-order valence-corrected chi connectivity index (χ0v) is 22.7. The molecule has 0 N–H and O–H groups in total. The van der Waals surface area contributed by atoms with Crippen LogP contribution in [0.2, 0.25) is 0 Å². The van der Waals surface area contributed by atoms with Crippen LogP contribution in [0.1, 0.15) is 0 Å². The first-order valence-corrected chi connectivity index (χ1v) is 11.8. The fraction of sp³-hybridized carbons (Fsp3) is 0. The third kappa shape index (κ3) is 10.7. The van der Waals surface area contributed by atoms with Crippen molar-refractivity contribution in [1.29, 1.82) is 0 Å². The fourth-order valence-electron chi connectivity index (χ4n) is 3.06. The van der Waals surface area contributed by atoms with Crippen molar-refractivity contribution in [3.8, 4) is 0 Å². The fourth-order valence-corrected chi connectivity index (χ4v) is 5.36. The molecule has 34 heavy (non-hydrogen) atoms. The molecule has 0 unspecified atom stereocenters. The van der Waals surface area contributed by atoms with Gasteiger partial charge in [-0.3, -0.25) is 0 Å². The second kappa shape index (κ2) is 18.2. The Hall–Kier alpha value is -1.11. The number of hydrogen-bond donors (Lipinski definition) is 0. The van der Waals surface area contributed by atoms with E-state index in [9.17, 15) is 4.79 Å². The minimum absolute atomic E-state index is 0. The Morgan fingerprint density at radius 1 is 0.529 bits per heavy atom. The molecule has 3 aromatic carbocycles. The van der Waals surface area contributed by atoms with Crippen molar-refractivity contribution in [3.05, 3.63) is 162 Å². The minimum atomic E-state index is -0.446. The predicted octanol–water partition coefficient (Wildman–Crippen LogP) is 5.26. The summed E-state index contributed by atoms with van der Waals surface area (Å²) in [6, 6.07) is 32.3. The summed E-state index contributed by atoms with van der Waals surface area (Å²) in [6.45, 7) is 3.24. The van der Waals surface area contributed by atoms with Gasteiger partial charge < -0.3 is 11.7 Å². The number of Topliss-reactive ketones (excluding diaryl/α,β-unsaturated/α-hetero) is 1. The van der Waals surface area contributed by atoms with Crippen LogP contribution < -0.4 is 15.9 Å². The molecule has 2 fully saturated rings. The van der Waals surface area contributed by atoms with Crippen LogP contribution >= 0.6 is 7.92 Å². The van der Waals surface area contributed by atoms with E-state index < -0.39 is 7.92 Å². The zero-order valence-electron chi connectivity index (χ0n) is 18.6. The number of ketones is 1. The Bertz CT molecular complexity index is 793. The average Bonchev–Trinajstić information content (AvgIpc) is 3.59. The van der Waals surface area contributed by atoms with Gasteiger partial charge >= 0.3 is 22.4 Å². The molecule has 2 aliphatic carbocycles. The topological polar surface area (TPSA) is 17.1 Å². The third-order valence-corrected chi connectivity index (χ3v) is 7.03. The van der Waals surface area contributed by atoms with E-state index in [1.807, 2.05) is 44.9 Å². The SMILES string of the molecule is [Au+].[CH2-]C(=O)[C]1[CH][CH][CH][CH]1.[CH]1[CH][CH][CH][CH]1.[Fe].c1ccc(P(c2ccccc2)c2ccccc2)cc1. The Morgan fingerprint density at radius 2 is 0.824 bits per heavy atom. The molecule has 0 spiro atoms. The maximum atomic E-state index is 10.4. The quantitative estimate of drug-likeness (QED) is 0.208. The summed E-state index contributed by atoms with van der Waals surface area (Å²) in [5, 5.41) is 4.19. The minimum Gasteiger partial charge on any atom is -0.339 e. The summed E-state index contributed by atoms with van der Waals surface area (Å²) in [5.41, 5.74) is 0. The predicted molar refractivity (Wildman–Crippen MR) is 137 cm³/mol. The second-order valence-electron chi connectivity index (χ2n) is 6.90. The summed E-state index contributed by atoms with van der Waals surface area (Å²) < 4.78 is 0. The molecule has 0 heterocycles. The van der Waals surface area contributed by atoms with Gasteiger partial charge in [-0.15, -0.1) is 0 Å². The van der Waals surface area contributed by atoms with Gasteiger partial charge in [-0.2, -0.15) is 0 Å². The molecule has 10 radical (unpaired) electrons. The van der Waals surface area contributed by atoms with Gasteiger partial charge in [-0.05, 0) is 81.6 Å². The number of benzene rings is 3. The van der Waals surface area contributed by atoms with E-state index in [0.717, 1.165) is 0 Å². The largest absolute Gasteiger partial charge is 1.00 e. The van der Waals surface area contributed by atoms with E-state index in [2.05, 4.69) is 97.9 Å². The Morgan fingerprint density at radius 3 is 1.06 bits per heavy atom. The molecule has 0 aromatic heterocycles. The van der Waals surface area contributed by atoms with Crippen molar-refractivity contribution < 1.29 is 44.2 Å². The summed E-state index contributed by atoms with van der Waals surface area (Å²) in [6.07, 6.45) is 17.1. The van der Waals surface area contributed by atoms with Gasteiger partial charge in [-0.1, -0.05) is 91.0 Å². The molecular formula is C30H26AuFeOP. The van der Waals surface area contributed by atoms with Gasteiger partial charge in [0.1, 0.15) is 0 Å². The molecule has 2 aliphatic rings. The molecule has 0 amide bonds. The first-order valence-electron chi connectivity index (χ1n) is 10.5. The van der Waals surface area contributed by atoms with Gasteiger partial charge in [0.2, 0.25) is 0 Å². The van der Waals surface area contributed by atoms with Crippen LogP contribution in [0.4, 0.5) is 0 Å². The smallest absolute Gasteiger partial charge is 0.339 e. The number of carbonyl (C=O) groups is 1. The maximum absolute atomic E-state index is 10.4. The molecule has 2 saturated carbocycles. The molecule has 1 nitrogen and oxygen atoms in total. The van der Waals surface area contributed by atoms with Gasteiger partial charge in [0.25, 0.3) is 0 Å². The number of rotatable bonds is 4. The van der Waals surface area contributed by atoms with E-state index in [1.165, 1.54) is 15.9 Å². The maximum Gasteiger partial charge on any atom is 1.00 e. The van der Waals surface area contributed by atoms with E-state index in [1.54, 1.807) is 12.8 Å². The Kier molecular flexibility index (Phi) is 16.6. The molecule has 5 rings (SSSR count). The van der Waals surface area contributed by atoms with E-state index >= 15 is 0 Å². The van der Waals surface area contributed by atoms with Crippen molar-refractivity contribution >= 4 is 29.6 Å². The molecular weight excluding hydrogens is 660 g/mol. The van der Waals surface area contributed by atoms with Crippen LogP contribution in [0.15, 0.2) is 91.0 Å². The van der Waals surface area contributed by atoms with Crippen LogP contribution in [-0.2, 0) is 44.2 Å². The van der Waals surface area contributed by atoms with Gasteiger partial charge in [0, 0.05) is 28.8 Å². The number of carbonyl (C=O) groups excluding carboxylic acids is 1. The summed E-state index contributed by atoms with van der Waals surface area (Å²) >= 11 is 0. The number of hydrogen-bond acceptors (Lipinski definition) is 1. The van der Waals surface area contributed by atoms with Crippen LogP contribution in [-0.4, -0.2) is 5.78 Å². The molecule has 4 heteroatoms. The monoisotopic (exact) mass is 686 g/mol. The Labute approximate surface area is 234 Å². The van der Waals surface area contributed by atoms with Crippen LogP contribution in [0.3, 0.4) is 0 Å². The molecule has 176 valence electrons. The van der Waals surface area contributed by atoms with E-state index in [-0.39, 0.29) is 45.2 Å². The summed E-state index contributed by atoms with van der Waals surface area (Å²) in [5.74, 6) is 0.569. The Balaban J connectivity index is 0.000000320. The zero-order chi connectivity index (χ0) is 22.4. The van der Waals surface area contributed by atoms with E-state index in [0.29, 0.717) is 5.92 Å². The summed E-state index contributed by atoms with van der Waals surface area (Å²) in [4.78, 5) is 10.4. The van der Waals surface area contributed by atoms with Crippen LogP contribution in [0.25, 0.3) is 0 Å². The van der Waals surface area contributed by atoms with Crippen molar-refractivity contribution in [2.75, 3.05) is 0 Å². The molecule has 0 atom stereocenters. The second-order valence-corrected chi connectivity index (χ2v) is 9.12. The van der Waals surface area contributed by atoms with E-state index in [4.69, 9.17) is 0 Å². The standard InChI is InChI=1S/C18H15P.C7H6O.C5H5.Au.Fe/c1-4-10-16(11-5-1)19(17-12-6-2-7-13-17)18-14-8-3-9-15-18;1-6(8)7-4-2-3-5-7;1-2-4-5-3-1;;/h1-15H;2-5H,1H2;1-5H;;/q;-1;;+1;. The third-order valence-electron chi connectivity index (χ3n) is 4.58. The average molecular weight is 686 g/mol. The first kappa shape index (κ1) is 30.9. The summed E-state index contributed by atoms with van der Waals surface area (Å²) in [7, 11) is -0.446. The van der Waals surface area contributed by atoms with Gasteiger partial charge in [-0.25, -0.2) is 0 Å². The van der Waals surface area contributed by atoms with Crippen LogP contribution in [0, 0.1) is 70.6 Å². The molecule has 0 bridgehead atoms. The van der Waals surface area contributed by atoms with Crippen molar-refractivity contribution in [2.45, 2.75) is 0 Å². The van der Waals surface area contributed by atoms with Gasteiger partial charge in [0.15, 0.2) is 0 Å². The van der Waals surface area contributed by atoms with Crippen molar-refractivity contribution in [1.82, 2.24) is 0 Å². The van der Waals surface area contributed by atoms with Gasteiger partial charge in [0.05, 0.1) is 0 Å². The first-order chi connectivity index (χ1) is 15.8. The van der Waals surface area contributed by atoms with Crippen molar-refractivity contribution in [2.24, 2.45) is 0 Å². The molecule has 0 saturated heterocycles. The van der Waals surface area contributed by atoms with Crippen molar-refractivity contribution in [3.63, 3.8) is 0 Å². The van der Waals surface area contributed by atoms with Crippen LogP contribution in [0.5, 0.6) is 0 Å².